The van der Waals surface area contributed by atoms with Crippen LogP contribution in [0.3, 0.4) is 0 Å². The lowest BCUT2D eigenvalue weighted by Crippen LogP contribution is -2.31. The van der Waals surface area contributed by atoms with Crippen molar-refractivity contribution in [2.45, 2.75) is 18.6 Å². The molecule has 1 aromatic carbocycles. The molecule has 0 fully saturated rings. The Kier molecular flexibility index (Phi) is 5.62. The van der Waals surface area contributed by atoms with Crippen molar-refractivity contribution >= 4 is 34.9 Å². The molecule has 0 aliphatic rings. The van der Waals surface area contributed by atoms with Gasteiger partial charge in [0.15, 0.2) is 11.0 Å². The number of nitrogens with zero attached hydrogens (tertiary/aromatic N) is 3. The molecule has 0 unspecified atom stereocenters. The lowest BCUT2D eigenvalue weighted by Gasteiger charge is -2.06. The average Bonchev–Trinajstić information content (AvgIpc) is 3.29. The molecular formula is C17H16N4O2S2. The molecule has 2 amide bonds. The first kappa shape index (κ1) is 17.4. The van der Waals surface area contributed by atoms with Gasteiger partial charge in [0.05, 0.1) is 10.6 Å². The molecule has 0 spiro atoms. The molecule has 0 saturated heterocycles. The highest BCUT2D eigenvalue weighted by Crippen LogP contribution is 2.26. The quantitative estimate of drug-likeness (QED) is 0.673. The van der Waals surface area contributed by atoms with Crippen molar-refractivity contribution in [2.24, 2.45) is 0 Å². The van der Waals surface area contributed by atoms with E-state index in [0.717, 1.165) is 10.7 Å². The molecule has 0 bridgehead atoms. The molecule has 0 saturated carbocycles. The summed E-state index contributed by atoms with van der Waals surface area (Å²) in [6.07, 6.45) is 0. The van der Waals surface area contributed by atoms with E-state index in [0.29, 0.717) is 17.3 Å². The Balaban J connectivity index is 1.62. The standard InChI is InChI=1S/C17H16N4O2S2/c1-2-21-15(13-9-6-10-24-13)19-20-17(21)25-11-14(22)18-16(23)12-7-4-3-5-8-12/h3-10H,2,11H2,1H3,(H,18,22,23). The number of carbonyl (C=O) groups excluding carboxylic acids is 2. The Morgan fingerprint density at radius 1 is 1.16 bits per heavy atom. The molecule has 3 aromatic rings. The topological polar surface area (TPSA) is 76.9 Å². The predicted octanol–water partition coefficient (Wildman–Crippen LogP) is 3.08. The van der Waals surface area contributed by atoms with Crippen molar-refractivity contribution in [3.05, 3.63) is 53.4 Å². The Morgan fingerprint density at radius 3 is 2.64 bits per heavy atom. The van der Waals surface area contributed by atoms with Crippen molar-refractivity contribution in [3.8, 4) is 10.7 Å². The molecule has 6 nitrogen and oxygen atoms in total. The van der Waals surface area contributed by atoms with E-state index in [1.807, 2.05) is 35.1 Å². The molecule has 1 N–H and O–H groups in total. The third kappa shape index (κ3) is 4.15. The lowest BCUT2D eigenvalue weighted by atomic mass is 10.2. The van der Waals surface area contributed by atoms with Gasteiger partial charge in [-0.25, -0.2) is 0 Å². The van der Waals surface area contributed by atoms with Crippen LogP contribution in [0, 0.1) is 0 Å². The molecule has 0 atom stereocenters. The van der Waals surface area contributed by atoms with Gasteiger partial charge >= 0.3 is 0 Å². The fourth-order valence-electron chi connectivity index (χ4n) is 2.22. The van der Waals surface area contributed by atoms with E-state index in [-0.39, 0.29) is 11.7 Å². The zero-order valence-corrected chi connectivity index (χ0v) is 15.1. The summed E-state index contributed by atoms with van der Waals surface area (Å²) in [5.41, 5.74) is 0.456. The third-order valence-corrected chi connectivity index (χ3v) is 5.23. The lowest BCUT2D eigenvalue weighted by molar-refractivity contribution is -0.117. The largest absolute Gasteiger partial charge is 0.302 e. The number of amides is 2. The second-order valence-corrected chi connectivity index (χ2v) is 6.95. The van der Waals surface area contributed by atoms with Gasteiger partial charge < -0.3 is 4.57 Å². The van der Waals surface area contributed by atoms with Gasteiger partial charge in [0.25, 0.3) is 5.91 Å². The van der Waals surface area contributed by atoms with E-state index in [4.69, 9.17) is 0 Å². The van der Waals surface area contributed by atoms with E-state index in [2.05, 4.69) is 15.5 Å². The number of rotatable bonds is 6. The zero-order chi connectivity index (χ0) is 17.6. The number of hydrogen-bond acceptors (Lipinski definition) is 6. The number of carbonyl (C=O) groups is 2. The number of aromatic nitrogens is 3. The van der Waals surface area contributed by atoms with Crippen LogP contribution in [0.1, 0.15) is 17.3 Å². The fraction of sp³-hybridized carbons (Fsp3) is 0.176. The molecule has 25 heavy (non-hydrogen) atoms. The van der Waals surface area contributed by atoms with Gasteiger partial charge in [-0.15, -0.1) is 21.5 Å². The molecule has 0 radical (unpaired) electrons. The summed E-state index contributed by atoms with van der Waals surface area (Å²) < 4.78 is 1.96. The van der Waals surface area contributed by atoms with E-state index < -0.39 is 5.91 Å². The van der Waals surface area contributed by atoms with Crippen molar-refractivity contribution in [2.75, 3.05) is 5.75 Å². The fourth-order valence-corrected chi connectivity index (χ4v) is 3.74. The molecule has 8 heteroatoms. The van der Waals surface area contributed by atoms with Crippen LogP contribution in [-0.4, -0.2) is 32.3 Å². The van der Waals surface area contributed by atoms with Crippen molar-refractivity contribution in [1.29, 1.82) is 0 Å². The van der Waals surface area contributed by atoms with Gasteiger partial charge in [-0.3, -0.25) is 14.9 Å². The normalized spacial score (nSPS) is 10.6. The van der Waals surface area contributed by atoms with Gasteiger partial charge in [-0.2, -0.15) is 0 Å². The number of thiophene rings is 1. The summed E-state index contributed by atoms with van der Waals surface area (Å²) in [6, 6.07) is 12.6. The van der Waals surface area contributed by atoms with Crippen LogP contribution in [0.5, 0.6) is 0 Å². The molecule has 128 valence electrons. The van der Waals surface area contributed by atoms with Crippen LogP contribution in [0.15, 0.2) is 53.0 Å². The van der Waals surface area contributed by atoms with E-state index in [9.17, 15) is 9.59 Å². The smallest absolute Gasteiger partial charge is 0.257 e. The summed E-state index contributed by atoms with van der Waals surface area (Å²) in [5.74, 6) is 0.131. The first-order valence-electron chi connectivity index (χ1n) is 7.68. The van der Waals surface area contributed by atoms with E-state index in [1.54, 1.807) is 35.6 Å². The van der Waals surface area contributed by atoms with Gasteiger partial charge in [0.1, 0.15) is 0 Å². The number of nitrogens with one attached hydrogen (secondary N) is 1. The summed E-state index contributed by atoms with van der Waals surface area (Å²) >= 11 is 2.86. The zero-order valence-electron chi connectivity index (χ0n) is 13.5. The predicted molar refractivity (Wildman–Crippen MR) is 98.6 cm³/mol. The second-order valence-electron chi connectivity index (χ2n) is 5.06. The van der Waals surface area contributed by atoms with E-state index in [1.165, 1.54) is 11.8 Å². The van der Waals surface area contributed by atoms with Crippen LogP contribution in [-0.2, 0) is 11.3 Å². The van der Waals surface area contributed by atoms with Crippen molar-refractivity contribution in [3.63, 3.8) is 0 Å². The highest BCUT2D eigenvalue weighted by Gasteiger charge is 2.16. The maximum Gasteiger partial charge on any atom is 0.257 e. The van der Waals surface area contributed by atoms with Crippen molar-refractivity contribution < 1.29 is 9.59 Å². The average molecular weight is 372 g/mol. The first-order chi connectivity index (χ1) is 12.2. The minimum Gasteiger partial charge on any atom is -0.302 e. The van der Waals surface area contributed by atoms with Gasteiger partial charge in [0, 0.05) is 12.1 Å². The van der Waals surface area contributed by atoms with E-state index >= 15 is 0 Å². The molecule has 0 aliphatic heterocycles. The Hall–Kier alpha value is -2.45. The van der Waals surface area contributed by atoms with Gasteiger partial charge in [-0.1, -0.05) is 36.0 Å². The Morgan fingerprint density at radius 2 is 1.96 bits per heavy atom. The van der Waals surface area contributed by atoms with Gasteiger partial charge in [0.2, 0.25) is 5.91 Å². The monoisotopic (exact) mass is 372 g/mol. The highest BCUT2D eigenvalue weighted by molar-refractivity contribution is 7.99. The Bertz CT molecular complexity index is 860. The summed E-state index contributed by atoms with van der Waals surface area (Å²) in [6.45, 7) is 2.71. The van der Waals surface area contributed by atoms with Crippen LogP contribution in [0.4, 0.5) is 0 Å². The van der Waals surface area contributed by atoms with Gasteiger partial charge in [-0.05, 0) is 30.5 Å². The summed E-state index contributed by atoms with van der Waals surface area (Å²) in [4.78, 5) is 25.0. The molecule has 2 heterocycles. The van der Waals surface area contributed by atoms with Crippen LogP contribution < -0.4 is 5.32 Å². The number of benzene rings is 1. The molecule has 0 aliphatic carbocycles. The van der Waals surface area contributed by atoms with Crippen LogP contribution in [0.2, 0.25) is 0 Å². The molecular weight excluding hydrogens is 356 g/mol. The highest BCUT2D eigenvalue weighted by atomic mass is 32.2. The number of imide groups is 1. The number of hydrogen-bond donors (Lipinski definition) is 1. The first-order valence-corrected chi connectivity index (χ1v) is 9.54. The maximum atomic E-state index is 12.0. The second kappa shape index (κ2) is 8.09. The molecule has 3 rings (SSSR count). The SMILES string of the molecule is CCn1c(SCC(=O)NC(=O)c2ccccc2)nnc1-c1cccs1. The van der Waals surface area contributed by atoms with Crippen LogP contribution >= 0.6 is 23.1 Å². The maximum absolute atomic E-state index is 12.0. The summed E-state index contributed by atoms with van der Waals surface area (Å²) in [7, 11) is 0. The minimum atomic E-state index is -0.401. The van der Waals surface area contributed by atoms with Crippen LogP contribution in [0.25, 0.3) is 10.7 Å². The third-order valence-electron chi connectivity index (χ3n) is 3.40. The Labute approximate surface area is 153 Å². The summed E-state index contributed by atoms with van der Waals surface area (Å²) in [5, 5.41) is 13.4. The van der Waals surface area contributed by atoms with Crippen molar-refractivity contribution in [1.82, 2.24) is 20.1 Å². The minimum absolute atomic E-state index is 0.0984. The number of thioether (sulfide) groups is 1. The molecule has 2 aromatic heterocycles.